The van der Waals surface area contributed by atoms with E-state index < -0.39 is 0 Å². The first-order valence-corrected chi connectivity index (χ1v) is 5.33. The van der Waals surface area contributed by atoms with Crippen LogP contribution in [-0.4, -0.2) is 15.1 Å². The molecule has 0 aliphatic heterocycles. The van der Waals surface area contributed by atoms with Crippen molar-refractivity contribution < 1.29 is 8.91 Å². The van der Waals surface area contributed by atoms with Crippen LogP contribution in [0.25, 0.3) is 22.8 Å². The average Bonchev–Trinajstić information content (AvgIpc) is 2.90. The maximum Gasteiger partial charge on any atom is 0.258 e. The van der Waals surface area contributed by atoms with Crippen molar-refractivity contribution in [1.82, 2.24) is 15.1 Å². The number of halogens is 1. The molecular formula is C13H8FN3O. The molecule has 1 aromatic carbocycles. The van der Waals surface area contributed by atoms with Gasteiger partial charge < -0.3 is 4.52 Å². The Bertz CT molecular complexity index is 667. The molecule has 3 rings (SSSR count). The summed E-state index contributed by atoms with van der Waals surface area (Å²) in [5.41, 5.74) is 1.07. The van der Waals surface area contributed by atoms with Gasteiger partial charge in [0.25, 0.3) is 5.89 Å². The molecule has 0 atom stereocenters. The molecule has 0 fully saturated rings. The third kappa shape index (κ3) is 1.86. The first-order valence-electron chi connectivity index (χ1n) is 5.33. The Kier molecular flexibility index (Phi) is 2.57. The van der Waals surface area contributed by atoms with Crippen LogP contribution in [0.2, 0.25) is 0 Å². The van der Waals surface area contributed by atoms with Crippen molar-refractivity contribution in [2.75, 3.05) is 0 Å². The van der Waals surface area contributed by atoms with Crippen molar-refractivity contribution in [3.8, 4) is 22.8 Å². The van der Waals surface area contributed by atoms with Gasteiger partial charge in [0.05, 0.1) is 5.56 Å². The lowest BCUT2D eigenvalue weighted by Crippen LogP contribution is -1.85. The zero-order valence-corrected chi connectivity index (χ0v) is 9.25. The van der Waals surface area contributed by atoms with Crippen LogP contribution >= 0.6 is 0 Å². The summed E-state index contributed by atoms with van der Waals surface area (Å²) in [5, 5.41) is 3.78. The second-order valence-electron chi connectivity index (χ2n) is 3.64. The van der Waals surface area contributed by atoms with Crippen LogP contribution in [0.3, 0.4) is 0 Å². The summed E-state index contributed by atoms with van der Waals surface area (Å²) >= 11 is 0. The third-order valence-corrected chi connectivity index (χ3v) is 2.47. The molecule has 3 aromatic rings. The minimum Gasteiger partial charge on any atom is -0.334 e. The predicted molar refractivity (Wildman–Crippen MR) is 62.9 cm³/mol. The minimum absolute atomic E-state index is 0.236. The monoisotopic (exact) mass is 241 g/mol. The van der Waals surface area contributed by atoms with Gasteiger partial charge in [-0.25, -0.2) is 4.39 Å². The Morgan fingerprint density at radius 2 is 1.78 bits per heavy atom. The second kappa shape index (κ2) is 4.37. The smallest absolute Gasteiger partial charge is 0.258 e. The number of hydrogen-bond acceptors (Lipinski definition) is 4. The van der Waals surface area contributed by atoms with Gasteiger partial charge in [-0.2, -0.15) is 4.98 Å². The van der Waals surface area contributed by atoms with E-state index in [1.54, 1.807) is 42.7 Å². The van der Waals surface area contributed by atoms with E-state index in [2.05, 4.69) is 15.1 Å². The van der Waals surface area contributed by atoms with Crippen molar-refractivity contribution in [3.05, 3.63) is 54.6 Å². The summed E-state index contributed by atoms with van der Waals surface area (Å²) in [6.07, 6.45) is 3.25. The fraction of sp³-hybridized carbons (Fsp3) is 0. The van der Waals surface area contributed by atoms with E-state index >= 15 is 0 Å². The molecule has 0 saturated carbocycles. The summed E-state index contributed by atoms with van der Waals surface area (Å²) in [5.74, 6) is 0.204. The zero-order chi connectivity index (χ0) is 12.4. The molecule has 0 aliphatic rings. The quantitative estimate of drug-likeness (QED) is 0.692. The molecule has 0 bridgehead atoms. The van der Waals surface area contributed by atoms with E-state index in [1.807, 2.05) is 0 Å². The number of nitrogens with zero attached hydrogens (tertiary/aromatic N) is 3. The van der Waals surface area contributed by atoms with Crippen molar-refractivity contribution in [2.45, 2.75) is 0 Å². The molecule has 5 heteroatoms. The fourth-order valence-corrected chi connectivity index (χ4v) is 1.59. The highest BCUT2D eigenvalue weighted by atomic mass is 19.1. The van der Waals surface area contributed by atoms with Gasteiger partial charge in [-0.1, -0.05) is 17.3 Å². The topological polar surface area (TPSA) is 51.8 Å². The Morgan fingerprint density at radius 3 is 2.56 bits per heavy atom. The van der Waals surface area contributed by atoms with Crippen molar-refractivity contribution in [1.29, 1.82) is 0 Å². The van der Waals surface area contributed by atoms with E-state index in [-0.39, 0.29) is 11.6 Å². The van der Waals surface area contributed by atoms with Gasteiger partial charge in [-0.3, -0.25) is 4.98 Å². The SMILES string of the molecule is Fc1ccccc1-c1noc(-c2ccncc2)n1. The molecule has 2 heterocycles. The fourth-order valence-electron chi connectivity index (χ4n) is 1.59. The van der Waals surface area contributed by atoms with Gasteiger partial charge in [0.1, 0.15) is 5.82 Å². The van der Waals surface area contributed by atoms with Crippen LogP contribution in [0.1, 0.15) is 0 Å². The van der Waals surface area contributed by atoms with E-state index in [1.165, 1.54) is 6.07 Å². The highest BCUT2D eigenvalue weighted by molar-refractivity contribution is 5.59. The largest absolute Gasteiger partial charge is 0.334 e. The predicted octanol–water partition coefficient (Wildman–Crippen LogP) is 2.94. The van der Waals surface area contributed by atoms with Gasteiger partial charge in [0, 0.05) is 18.0 Å². The van der Waals surface area contributed by atoms with Crippen LogP contribution in [-0.2, 0) is 0 Å². The minimum atomic E-state index is -0.375. The molecule has 0 spiro atoms. The van der Waals surface area contributed by atoms with Gasteiger partial charge in [-0.05, 0) is 24.3 Å². The first-order chi connectivity index (χ1) is 8.84. The molecule has 4 nitrogen and oxygen atoms in total. The lowest BCUT2D eigenvalue weighted by atomic mass is 10.2. The number of benzene rings is 1. The van der Waals surface area contributed by atoms with Gasteiger partial charge >= 0.3 is 0 Å². The molecule has 18 heavy (non-hydrogen) atoms. The van der Waals surface area contributed by atoms with Crippen LogP contribution in [0, 0.1) is 5.82 Å². The highest BCUT2D eigenvalue weighted by Crippen LogP contribution is 2.23. The molecule has 2 aromatic heterocycles. The molecular weight excluding hydrogens is 233 g/mol. The lowest BCUT2D eigenvalue weighted by molar-refractivity contribution is 0.432. The van der Waals surface area contributed by atoms with Crippen molar-refractivity contribution in [3.63, 3.8) is 0 Å². The van der Waals surface area contributed by atoms with Gasteiger partial charge in [-0.15, -0.1) is 0 Å². The first kappa shape index (κ1) is 10.6. The number of pyridine rings is 1. The van der Waals surface area contributed by atoms with E-state index in [0.717, 1.165) is 5.56 Å². The number of rotatable bonds is 2. The molecule has 0 amide bonds. The maximum atomic E-state index is 13.6. The average molecular weight is 241 g/mol. The highest BCUT2D eigenvalue weighted by Gasteiger charge is 2.13. The summed E-state index contributed by atoms with van der Waals surface area (Å²) < 4.78 is 18.7. The maximum absolute atomic E-state index is 13.6. The summed E-state index contributed by atoms with van der Waals surface area (Å²) in [7, 11) is 0. The van der Waals surface area contributed by atoms with Crippen molar-refractivity contribution >= 4 is 0 Å². The zero-order valence-electron chi connectivity index (χ0n) is 9.25. The molecule has 0 N–H and O–H groups in total. The van der Waals surface area contributed by atoms with E-state index in [4.69, 9.17) is 4.52 Å². The standard InChI is InChI=1S/C13H8FN3O/c14-11-4-2-1-3-10(11)12-16-13(18-17-12)9-5-7-15-8-6-9/h1-8H. The Balaban J connectivity index is 2.03. The Labute approximate surface area is 102 Å². The van der Waals surface area contributed by atoms with E-state index in [0.29, 0.717) is 11.5 Å². The molecule has 0 unspecified atom stereocenters. The Hall–Kier alpha value is -2.56. The van der Waals surface area contributed by atoms with E-state index in [9.17, 15) is 4.39 Å². The summed E-state index contributed by atoms with van der Waals surface area (Å²) in [6.45, 7) is 0. The van der Waals surface area contributed by atoms with Gasteiger partial charge in [0.15, 0.2) is 0 Å². The van der Waals surface area contributed by atoms with Gasteiger partial charge in [0.2, 0.25) is 5.82 Å². The Morgan fingerprint density at radius 1 is 1.00 bits per heavy atom. The van der Waals surface area contributed by atoms with Crippen LogP contribution < -0.4 is 0 Å². The second-order valence-corrected chi connectivity index (χ2v) is 3.64. The number of aromatic nitrogens is 3. The van der Waals surface area contributed by atoms with Crippen LogP contribution in [0.5, 0.6) is 0 Å². The lowest BCUT2D eigenvalue weighted by Gasteiger charge is -1.94. The van der Waals surface area contributed by atoms with Crippen LogP contribution in [0.15, 0.2) is 53.3 Å². The normalized spacial score (nSPS) is 10.5. The number of hydrogen-bond donors (Lipinski definition) is 0. The summed E-state index contributed by atoms with van der Waals surface area (Å²) in [4.78, 5) is 8.07. The molecule has 0 saturated heterocycles. The third-order valence-electron chi connectivity index (χ3n) is 2.47. The van der Waals surface area contributed by atoms with Crippen molar-refractivity contribution in [2.24, 2.45) is 0 Å². The molecule has 0 aliphatic carbocycles. The molecule has 88 valence electrons. The summed E-state index contributed by atoms with van der Waals surface area (Å²) in [6, 6.07) is 9.80. The van der Waals surface area contributed by atoms with Crippen LogP contribution in [0.4, 0.5) is 4.39 Å². The molecule has 0 radical (unpaired) electrons.